The summed E-state index contributed by atoms with van der Waals surface area (Å²) in [6.07, 6.45) is 1.86. The van der Waals surface area contributed by atoms with Crippen molar-refractivity contribution in [2.75, 3.05) is 5.73 Å². The van der Waals surface area contributed by atoms with E-state index in [1.165, 1.54) is 16.2 Å². The third kappa shape index (κ3) is 2.31. The smallest absolute Gasteiger partial charge is 0.236 e. The number of nitrogens with two attached hydrogens (primary N) is 2. The van der Waals surface area contributed by atoms with Gasteiger partial charge in [-0.1, -0.05) is 30.3 Å². The molecule has 3 aromatic carbocycles. The fraction of sp³-hybridized carbons (Fsp3) is 0.0500. The van der Waals surface area contributed by atoms with Crippen LogP contribution >= 0.6 is 0 Å². The zero-order chi connectivity index (χ0) is 15.8. The van der Waals surface area contributed by atoms with Gasteiger partial charge in [-0.05, 0) is 36.4 Å². The van der Waals surface area contributed by atoms with Crippen LogP contribution in [0.3, 0.4) is 0 Å². The van der Waals surface area contributed by atoms with Crippen LogP contribution < -0.4 is 16.0 Å². The molecule has 0 fully saturated rings. The lowest BCUT2D eigenvalue weighted by atomic mass is 10.1. The molecule has 0 aliphatic heterocycles. The molecule has 0 aliphatic rings. The van der Waals surface area contributed by atoms with E-state index in [0.29, 0.717) is 0 Å². The van der Waals surface area contributed by atoms with Crippen molar-refractivity contribution in [1.82, 2.24) is 0 Å². The highest BCUT2D eigenvalue weighted by Crippen LogP contribution is 2.23. The number of nitrogen functional groups attached to an aromatic ring is 1. The molecule has 0 aliphatic carbocycles. The fourth-order valence-corrected chi connectivity index (χ4v) is 3.08. The molecule has 4 N–H and O–H groups in total. The summed E-state index contributed by atoms with van der Waals surface area (Å²) in [4.78, 5) is 0. The molecule has 4 aromatic rings. The van der Waals surface area contributed by atoms with Crippen molar-refractivity contribution in [1.29, 1.82) is 0 Å². The third-order valence-electron chi connectivity index (χ3n) is 4.29. The number of hydrogen-bond donors (Lipinski definition) is 2. The van der Waals surface area contributed by atoms with Gasteiger partial charge in [0.05, 0.1) is 5.39 Å². The van der Waals surface area contributed by atoms with Crippen LogP contribution in [0.15, 0.2) is 79.0 Å². The Balaban J connectivity index is 1.99. The highest BCUT2D eigenvalue weighted by molar-refractivity contribution is 6.03. The maximum Gasteiger partial charge on any atom is 0.236 e. The zero-order valence-electron chi connectivity index (χ0n) is 12.7. The molecule has 0 saturated heterocycles. The molecule has 1 unspecified atom stereocenters. The SMILES string of the molecule is Nc1ccc(C(N)[n+]2cc3ccccc3c3ccccc32)cc1. The van der Waals surface area contributed by atoms with Crippen LogP contribution in [0, 0.1) is 0 Å². The van der Waals surface area contributed by atoms with Crippen LogP contribution in [0.5, 0.6) is 0 Å². The molecule has 0 spiro atoms. The minimum absolute atomic E-state index is 0.259. The maximum absolute atomic E-state index is 6.55. The van der Waals surface area contributed by atoms with Gasteiger partial charge in [-0.25, -0.2) is 0 Å². The molecule has 4 rings (SSSR count). The summed E-state index contributed by atoms with van der Waals surface area (Å²) < 4.78 is 2.13. The Morgan fingerprint density at radius 1 is 0.739 bits per heavy atom. The van der Waals surface area contributed by atoms with Crippen molar-refractivity contribution in [3.8, 4) is 0 Å². The Hall–Kier alpha value is -2.91. The molecule has 3 nitrogen and oxygen atoms in total. The van der Waals surface area contributed by atoms with Crippen LogP contribution in [0.1, 0.15) is 11.7 Å². The topological polar surface area (TPSA) is 55.9 Å². The van der Waals surface area contributed by atoms with Crippen molar-refractivity contribution in [3.63, 3.8) is 0 Å². The second-order valence-electron chi connectivity index (χ2n) is 5.75. The lowest BCUT2D eigenvalue weighted by Crippen LogP contribution is -2.45. The maximum atomic E-state index is 6.55. The van der Waals surface area contributed by atoms with Crippen LogP contribution in [0.25, 0.3) is 21.7 Å². The quantitative estimate of drug-likeness (QED) is 0.339. The Bertz CT molecular complexity index is 990. The standard InChI is InChI=1S/C20H18N3/c21-16-11-9-14(10-12-16)20(22)23-13-15-5-1-2-6-17(15)18-7-3-4-8-19(18)23/h1-13,20H,21-22H2/q+1. The number of benzene rings is 3. The molecule has 0 amide bonds. The number of fused-ring (bicyclic) bond motifs is 3. The number of pyridine rings is 1. The first-order valence-electron chi connectivity index (χ1n) is 7.67. The predicted octanol–water partition coefficient (Wildman–Crippen LogP) is 3.37. The molecule has 23 heavy (non-hydrogen) atoms. The summed E-state index contributed by atoms with van der Waals surface area (Å²) in [6.45, 7) is 0. The van der Waals surface area contributed by atoms with Gasteiger partial charge in [-0.2, -0.15) is 4.57 Å². The molecule has 3 heteroatoms. The summed E-state index contributed by atoms with van der Waals surface area (Å²) in [5.74, 6) is 0. The first-order chi connectivity index (χ1) is 11.2. The number of anilines is 1. The lowest BCUT2D eigenvalue weighted by molar-refractivity contribution is -0.687. The van der Waals surface area contributed by atoms with Crippen LogP contribution in [0.2, 0.25) is 0 Å². The van der Waals surface area contributed by atoms with E-state index in [1.54, 1.807) is 0 Å². The second kappa shape index (κ2) is 5.38. The molecule has 1 aromatic heterocycles. The minimum atomic E-state index is -0.259. The molecule has 0 radical (unpaired) electrons. The van der Waals surface area contributed by atoms with E-state index in [2.05, 4.69) is 53.2 Å². The van der Waals surface area contributed by atoms with Crippen molar-refractivity contribution in [3.05, 3.63) is 84.6 Å². The zero-order valence-corrected chi connectivity index (χ0v) is 12.7. The van der Waals surface area contributed by atoms with Crippen LogP contribution in [0.4, 0.5) is 5.69 Å². The number of rotatable bonds is 2. The van der Waals surface area contributed by atoms with Crippen molar-refractivity contribution < 1.29 is 4.57 Å². The minimum Gasteiger partial charge on any atom is -0.399 e. The van der Waals surface area contributed by atoms with Crippen LogP contribution in [-0.2, 0) is 0 Å². The van der Waals surface area contributed by atoms with Crippen molar-refractivity contribution in [2.24, 2.45) is 5.73 Å². The Morgan fingerprint density at radius 3 is 2.17 bits per heavy atom. The van der Waals surface area contributed by atoms with E-state index < -0.39 is 0 Å². The number of nitrogens with zero attached hydrogens (tertiary/aromatic N) is 1. The van der Waals surface area contributed by atoms with Gasteiger partial charge in [0, 0.05) is 28.1 Å². The van der Waals surface area contributed by atoms with Gasteiger partial charge in [-0.15, -0.1) is 0 Å². The normalized spacial score (nSPS) is 12.6. The average molecular weight is 300 g/mol. The van der Waals surface area contributed by atoms with E-state index in [9.17, 15) is 0 Å². The van der Waals surface area contributed by atoms with E-state index in [0.717, 1.165) is 16.8 Å². The monoisotopic (exact) mass is 300 g/mol. The lowest BCUT2D eigenvalue weighted by Gasteiger charge is -2.12. The number of hydrogen-bond acceptors (Lipinski definition) is 2. The summed E-state index contributed by atoms with van der Waals surface area (Å²) in [6, 6.07) is 24.5. The molecular weight excluding hydrogens is 282 g/mol. The van der Waals surface area contributed by atoms with Crippen molar-refractivity contribution in [2.45, 2.75) is 6.17 Å². The van der Waals surface area contributed by atoms with Gasteiger partial charge in [0.15, 0.2) is 6.20 Å². The van der Waals surface area contributed by atoms with E-state index >= 15 is 0 Å². The summed E-state index contributed by atoms with van der Waals surface area (Å²) in [7, 11) is 0. The largest absolute Gasteiger partial charge is 0.399 e. The van der Waals surface area contributed by atoms with E-state index in [-0.39, 0.29) is 6.17 Å². The molecule has 0 bridgehead atoms. The fourth-order valence-electron chi connectivity index (χ4n) is 3.08. The van der Waals surface area contributed by atoms with Gasteiger partial charge in [-0.3, -0.25) is 5.73 Å². The van der Waals surface area contributed by atoms with Crippen LogP contribution in [-0.4, -0.2) is 0 Å². The second-order valence-corrected chi connectivity index (χ2v) is 5.75. The van der Waals surface area contributed by atoms with Gasteiger partial charge in [0.25, 0.3) is 0 Å². The molecule has 112 valence electrons. The Labute approximate surface area is 134 Å². The Kier molecular flexibility index (Phi) is 3.21. The molecule has 0 saturated carbocycles. The molecule has 1 atom stereocenters. The van der Waals surface area contributed by atoms with Gasteiger partial charge >= 0.3 is 0 Å². The van der Waals surface area contributed by atoms with Gasteiger partial charge < -0.3 is 5.73 Å². The highest BCUT2D eigenvalue weighted by atomic mass is 15.1. The number of aromatic nitrogens is 1. The molecular formula is C20H18N3+. The van der Waals surface area contributed by atoms with E-state index in [1.807, 2.05) is 30.3 Å². The first-order valence-corrected chi connectivity index (χ1v) is 7.67. The first kappa shape index (κ1) is 13.7. The van der Waals surface area contributed by atoms with E-state index in [4.69, 9.17) is 11.5 Å². The third-order valence-corrected chi connectivity index (χ3v) is 4.29. The predicted molar refractivity (Wildman–Crippen MR) is 94.8 cm³/mol. The Morgan fingerprint density at radius 2 is 1.39 bits per heavy atom. The summed E-state index contributed by atoms with van der Waals surface area (Å²) in [5, 5.41) is 3.62. The van der Waals surface area contributed by atoms with Crippen molar-refractivity contribution >= 4 is 27.4 Å². The average Bonchev–Trinajstić information content (AvgIpc) is 2.61. The van der Waals surface area contributed by atoms with Gasteiger partial charge in [0.2, 0.25) is 11.7 Å². The summed E-state index contributed by atoms with van der Waals surface area (Å²) in [5.41, 5.74) is 15.2. The highest BCUT2D eigenvalue weighted by Gasteiger charge is 2.21. The number of para-hydroxylation sites is 1. The summed E-state index contributed by atoms with van der Waals surface area (Å²) >= 11 is 0. The van der Waals surface area contributed by atoms with Gasteiger partial charge in [0.1, 0.15) is 0 Å². The molecule has 1 heterocycles.